The van der Waals surface area contributed by atoms with E-state index in [0.717, 1.165) is 30.2 Å². The van der Waals surface area contributed by atoms with E-state index >= 15 is 0 Å². The number of rotatable bonds is 14. The number of hydrogen-bond donors (Lipinski definition) is 3. The molecule has 0 unspecified atom stereocenters. The van der Waals surface area contributed by atoms with Crippen LogP contribution in [0, 0.1) is 25.5 Å². The van der Waals surface area contributed by atoms with Gasteiger partial charge < -0.3 is 25.1 Å². The summed E-state index contributed by atoms with van der Waals surface area (Å²) in [5.41, 5.74) is 1.70. The lowest BCUT2D eigenvalue weighted by atomic mass is 9.99. The highest BCUT2D eigenvalue weighted by atomic mass is 19.1. The molecule has 0 saturated heterocycles. The van der Waals surface area contributed by atoms with Crippen molar-refractivity contribution in [1.82, 2.24) is 15.5 Å². The van der Waals surface area contributed by atoms with Crippen molar-refractivity contribution in [2.45, 2.75) is 65.6 Å². The third kappa shape index (κ3) is 8.99. The molecule has 0 aliphatic rings. The molecule has 2 amide bonds. The fourth-order valence-corrected chi connectivity index (χ4v) is 4.66. The Labute approximate surface area is 234 Å². The number of amides is 2. The van der Waals surface area contributed by atoms with Gasteiger partial charge in [-0.2, -0.15) is 0 Å². The maximum atomic E-state index is 13.9. The van der Waals surface area contributed by atoms with E-state index in [4.69, 9.17) is 4.42 Å². The summed E-state index contributed by atoms with van der Waals surface area (Å²) in [6.07, 6.45) is 0.528. The SMILES string of the molecule is CCCN(CCC)C(=O)c1cc(C)cc(C(=O)N[C@@H](Cc2cc(F)cc(F)c2)[C@H](O)CNCc2ccc(C)o2)c1. The normalized spacial score (nSPS) is 12.7. The van der Waals surface area contributed by atoms with Crippen LogP contribution in [0.25, 0.3) is 0 Å². The first-order valence-electron chi connectivity index (χ1n) is 13.7. The molecule has 7 nitrogen and oxygen atoms in total. The van der Waals surface area contributed by atoms with Gasteiger partial charge in [0.2, 0.25) is 0 Å². The summed E-state index contributed by atoms with van der Waals surface area (Å²) < 4.78 is 33.3. The highest BCUT2D eigenvalue weighted by Crippen LogP contribution is 2.16. The van der Waals surface area contributed by atoms with Crippen LogP contribution in [-0.4, -0.2) is 53.6 Å². The fourth-order valence-electron chi connectivity index (χ4n) is 4.66. The summed E-state index contributed by atoms with van der Waals surface area (Å²) in [5, 5.41) is 16.9. The summed E-state index contributed by atoms with van der Waals surface area (Å²) in [4.78, 5) is 28.4. The number of aliphatic hydroxyl groups is 1. The molecule has 2 atom stereocenters. The minimum atomic E-state index is -1.10. The predicted molar refractivity (Wildman–Crippen MR) is 150 cm³/mol. The van der Waals surface area contributed by atoms with Crippen molar-refractivity contribution >= 4 is 11.8 Å². The predicted octanol–water partition coefficient (Wildman–Crippen LogP) is 4.93. The molecule has 216 valence electrons. The van der Waals surface area contributed by atoms with Gasteiger partial charge in [0, 0.05) is 36.8 Å². The van der Waals surface area contributed by atoms with Crippen molar-refractivity contribution in [2.24, 2.45) is 0 Å². The van der Waals surface area contributed by atoms with Crippen LogP contribution in [0.15, 0.2) is 52.9 Å². The number of hydrogen-bond acceptors (Lipinski definition) is 5. The lowest BCUT2D eigenvalue weighted by molar-refractivity contribution is 0.0755. The van der Waals surface area contributed by atoms with Gasteiger partial charge >= 0.3 is 0 Å². The van der Waals surface area contributed by atoms with E-state index in [1.807, 2.05) is 32.9 Å². The van der Waals surface area contributed by atoms with E-state index in [1.54, 1.807) is 30.0 Å². The molecule has 0 aliphatic carbocycles. The molecule has 3 aromatic rings. The van der Waals surface area contributed by atoms with Gasteiger partial charge in [-0.05, 0) is 86.7 Å². The zero-order chi connectivity index (χ0) is 29.2. The van der Waals surface area contributed by atoms with Crippen LogP contribution < -0.4 is 10.6 Å². The lowest BCUT2D eigenvalue weighted by Crippen LogP contribution is -2.48. The molecular formula is C31H39F2N3O4. The van der Waals surface area contributed by atoms with Crippen LogP contribution in [0.3, 0.4) is 0 Å². The van der Waals surface area contributed by atoms with Crippen molar-refractivity contribution in [3.05, 3.63) is 93.9 Å². The van der Waals surface area contributed by atoms with Crippen LogP contribution in [0.1, 0.15) is 70.1 Å². The van der Waals surface area contributed by atoms with Crippen LogP contribution >= 0.6 is 0 Å². The van der Waals surface area contributed by atoms with Gasteiger partial charge in [0.1, 0.15) is 23.2 Å². The number of nitrogens with zero attached hydrogens (tertiary/aromatic N) is 1. The van der Waals surface area contributed by atoms with Crippen molar-refractivity contribution in [1.29, 1.82) is 0 Å². The lowest BCUT2D eigenvalue weighted by Gasteiger charge is -2.25. The number of halogens is 2. The Kier molecular flexibility index (Phi) is 11.4. The Balaban J connectivity index is 1.80. The average molecular weight is 556 g/mol. The van der Waals surface area contributed by atoms with E-state index < -0.39 is 29.7 Å². The van der Waals surface area contributed by atoms with E-state index in [0.29, 0.717) is 36.5 Å². The van der Waals surface area contributed by atoms with E-state index in [2.05, 4.69) is 10.6 Å². The van der Waals surface area contributed by atoms with Gasteiger partial charge in [0.25, 0.3) is 11.8 Å². The first-order chi connectivity index (χ1) is 19.1. The molecule has 0 bridgehead atoms. The second kappa shape index (κ2) is 14.7. The fraction of sp³-hybridized carbons (Fsp3) is 0.419. The summed E-state index contributed by atoms with van der Waals surface area (Å²) >= 11 is 0. The number of carbonyl (C=O) groups is 2. The molecule has 0 spiro atoms. The first kappa shape index (κ1) is 31.0. The average Bonchev–Trinajstić information content (AvgIpc) is 3.31. The van der Waals surface area contributed by atoms with Gasteiger partial charge in [-0.25, -0.2) is 8.78 Å². The van der Waals surface area contributed by atoms with Gasteiger partial charge in [-0.15, -0.1) is 0 Å². The zero-order valence-electron chi connectivity index (χ0n) is 23.6. The van der Waals surface area contributed by atoms with Crippen LogP contribution in [-0.2, 0) is 13.0 Å². The van der Waals surface area contributed by atoms with Gasteiger partial charge in [0.05, 0.1) is 18.7 Å². The maximum Gasteiger partial charge on any atom is 0.253 e. The van der Waals surface area contributed by atoms with Crippen molar-refractivity contribution in [3.63, 3.8) is 0 Å². The Bertz CT molecular complexity index is 1270. The monoisotopic (exact) mass is 555 g/mol. The largest absolute Gasteiger partial charge is 0.465 e. The molecule has 9 heteroatoms. The Morgan fingerprint density at radius 3 is 2.20 bits per heavy atom. The quantitative estimate of drug-likeness (QED) is 0.262. The minimum absolute atomic E-state index is 0.0124. The first-order valence-corrected chi connectivity index (χ1v) is 13.7. The molecule has 0 saturated carbocycles. The topological polar surface area (TPSA) is 94.8 Å². The highest BCUT2D eigenvalue weighted by molar-refractivity contribution is 6.00. The number of aryl methyl sites for hydroxylation is 2. The third-order valence-corrected chi connectivity index (χ3v) is 6.47. The number of nitrogens with one attached hydrogen (secondary N) is 2. The Hall–Kier alpha value is -3.56. The standard InChI is InChI=1S/C31H39F2N3O4/c1-5-9-36(10-6-2)31(39)24-12-20(3)11-23(16-24)30(38)35-28(15-22-13-25(32)17-26(33)14-22)29(37)19-34-18-27-8-7-21(4)40-27/h7-8,11-14,16-17,28-29,34,37H,5-6,9-10,15,18-19H2,1-4H3,(H,35,38)/t28-,29+/m0/s1. The third-order valence-electron chi connectivity index (χ3n) is 6.47. The van der Waals surface area contributed by atoms with Gasteiger partial charge in [-0.3, -0.25) is 9.59 Å². The molecule has 3 rings (SSSR count). The summed E-state index contributed by atoms with van der Waals surface area (Å²) in [5.74, 6) is -0.685. The minimum Gasteiger partial charge on any atom is -0.465 e. The number of benzene rings is 2. The molecule has 0 radical (unpaired) electrons. The summed E-state index contributed by atoms with van der Waals surface area (Å²) in [6.45, 7) is 9.32. The van der Waals surface area contributed by atoms with Crippen molar-refractivity contribution in [3.8, 4) is 0 Å². The molecule has 3 N–H and O–H groups in total. The maximum absolute atomic E-state index is 13.9. The van der Waals surface area contributed by atoms with Crippen LogP contribution in [0.5, 0.6) is 0 Å². The van der Waals surface area contributed by atoms with Crippen LogP contribution in [0.4, 0.5) is 8.78 Å². The number of aliphatic hydroxyl groups excluding tert-OH is 1. The molecule has 0 fully saturated rings. The van der Waals surface area contributed by atoms with Crippen molar-refractivity contribution in [2.75, 3.05) is 19.6 Å². The Morgan fingerprint density at radius 1 is 0.950 bits per heavy atom. The summed E-state index contributed by atoms with van der Waals surface area (Å²) in [7, 11) is 0. The molecule has 1 aromatic heterocycles. The van der Waals surface area contributed by atoms with Crippen LogP contribution in [0.2, 0.25) is 0 Å². The summed E-state index contributed by atoms with van der Waals surface area (Å²) in [6, 6.07) is 10.9. The van der Waals surface area contributed by atoms with E-state index in [9.17, 15) is 23.5 Å². The second-order valence-corrected chi connectivity index (χ2v) is 10.2. The van der Waals surface area contributed by atoms with Gasteiger partial charge in [0.15, 0.2) is 0 Å². The molecule has 2 aromatic carbocycles. The smallest absolute Gasteiger partial charge is 0.253 e. The number of carbonyl (C=O) groups excluding carboxylic acids is 2. The molecule has 40 heavy (non-hydrogen) atoms. The van der Waals surface area contributed by atoms with Crippen molar-refractivity contribution < 1.29 is 27.9 Å². The zero-order valence-corrected chi connectivity index (χ0v) is 23.6. The Morgan fingerprint density at radius 2 is 1.60 bits per heavy atom. The van der Waals surface area contributed by atoms with Gasteiger partial charge in [-0.1, -0.05) is 13.8 Å². The molecular weight excluding hydrogens is 516 g/mol. The molecule has 0 aliphatic heterocycles. The van der Waals surface area contributed by atoms with E-state index in [1.165, 1.54) is 12.1 Å². The highest BCUT2D eigenvalue weighted by Gasteiger charge is 2.24. The number of furan rings is 1. The van der Waals surface area contributed by atoms with E-state index in [-0.39, 0.29) is 24.4 Å². The molecule has 1 heterocycles. The second-order valence-electron chi connectivity index (χ2n) is 10.2.